The summed E-state index contributed by atoms with van der Waals surface area (Å²) in [6, 6.07) is 4.49. The molecule has 14 heavy (non-hydrogen) atoms. The largest absolute Gasteiger partial charge is 0.306 e. The predicted molar refractivity (Wildman–Crippen MR) is 53.8 cm³/mol. The van der Waals surface area contributed by atoms with Crippen LogP contribution in [0.4, 0.5) is 4.39 Å². The van der Waals surface area contributed by atoms with Gasteiger partial charge in [-0.15, -0.1) is 0 Å². The molecule has 0 aliphatic rings. The fraction of sp³-hybridized carbons (Fsp3) is 0.300. The summed E-state index contributed by atoms with van der Waals surface area (Å²) in [5.41, 5.74) is 0.859. The first-order valence-corrected chi connectivity index (χ1v) is 4.61. The number of rotatable bonds is 4. The molecule has 0 radical (unpaired) electrons. The summed E-state index contributed by atoms with van der Waals surface area (Å²) in [5.74, 6) is -0.361. The molecule has 0 spiro atoms. The Morgan fingerprint density at radius 2 is 2.29 bits per heavy atom. The summed E-state index contributed by atoms with van der Waals surface area (Å²) in [7, 11) is 0. The molecule has 1 N–H and O–H groups in total. The molecule has 0 unspecified atom stereocenters. The Hall–Kier alpha value is -0.930. The maximum Gasteiger partial charge on any atom is 0.143 e. The molecule has 0 saturated carbocycles. The van der Waals surface area contributed by atoms with Crippen molar-refractivity contribution in [3.8, 4) is 0 Å². The van der Waals surface area contributed by atoms with E-state index < -0.39 is 5.82 Å². The smallest absolute Gasteiger partial charge is 0.143 e. The normalized spacial score (nSPS) is 10.2. The van der Waals surface area contributed by atoms with Crippen LogP contribution in [0.25, 0.3) is 0 Å². The highest BCUT2D eigenvalue weighted by atomic mass is 35.5. The molecular formula is C10H11ClFNO. The fourth-order valence-corrected chi connectivity index (χ4v) is 1.24. The van der Waals surface area contributed by atoms with Crippen LogP contribution >= 0.6 is 11.6 Å². The van der Waals surface area contributed by atoms with Crippen LogP contribution in [0.1, 0.15) is 12.5 Å². The van der Waals surface area contributed by atoms with E-state index in [-0.39, 0.29) is 10.8 Å². The second kappa shape index (κ2) is 5.08. The van der Waals surface area contributed by atoms with E-state index in [2.05, 4.69) is 5.32 Å². The van der Waals surface area contributed by atoms with Gasteiger partial charge in [0.05, 0.1) is 11.6 Å². The van der Waals surface area contributed by atoms with Gasteiger partial charge in [-0.2, -0.15) is 0 Å². The Morgan fingerprint density at radius 3 is 2.86 bits per heavy atom. The van der Waals surface area contributed by atoms with Crippen LogP contribution in [0, 0.1) is 5.82 Å². The van der Waals surface area contributed by atoms with Gasteiger partial charge in [0, 0.05) is 6.54 Å². The van der Waals surface area contributed by atoms with Crippen molar-refractivity contribution < 1.29 is 9.18 Å². The molecule has 1 rings (SSSR count). The monoisotopic (exact) mass is 215 g/mol. The van der Waals surface area contributed by atoms with Crippen LogP contribution in [-0.4, -0.2) is 12.3 Å². The molecule has 76 valence electrons. The van der Waals surface area contributed by atoms with E-state index >= 15 is 0 Å². The SMILES string of the molecule is CC(=O)CNCc1ccc(F)c(Cl)c1. The summed E-state index contributed by atoms with van der Waals surface area (Å²) < 4.78 is 12.7. The van der Waals surface area contributed by atoms with Gasteiger partial charge in [-0.1, -0.05) is 17.7 Å². The minimum Gasteiger partial charge on any atom is -0.306 e. The average molecular weight is 216 g/mol. The number of ketones is 1. The Bertz CT molecular complexity index is 341. The minimum absolute atomic E-state index is 0.0678. The Labute approximate surface area is 87.1 Å². The fourth-order valence-electron chi connectivity index (χ4n) is 1.03. The third kappa shape index (κ3) is 3.44. The van der Waals surface area contributed by atoms with E-state index in [0.717, 1.165) is 5.56 Å². The molecule has 4 heteroatoms. The summed E-state index contributed by atoms with van der Waals surface area (Å²) in [6.45, 7) is 2.33. The number of carbonyl (C=O) groups excluding carboxylic acids is 1. The van der Waals surface area contributed by atoms with Crippen LogP contribution in [0.3, 0.4) is 0 Å². The molecule has 2 nitrogen and oxygen atoms in total. The Kier molecular flexibility index (Phi) is 4.04. The van der Waals surface area contributed by atoms with Crippen molar-refractivity contribution in [1.29, 1.82) is 0 Å². The quantitative estimate of drug-likeness (QED) is 0.834. The number of benzene rings is 1. The second-order valence-corrected chi connectivity index (χ2v) is 3.46. The van der Waals surface area contributed by atoms with Gasteiger partial charge in [0.2, 0.25) is 0 Å². The number of carbonyl (C=O) groups is 1. The first-order chi connectivity index (χ1) is 6.59. The van der Waals surface area contributed by atoms with E-state index in [4.69, 9.17) is 11.6 Å². The van der Waals surface area contributed by atoms with Crippen LogP contribution in [0.15, 0.2) is 18.2 Å². The Morgan fingerprint density at radius 1 is 1.57 bits per heavy atom. The molecule has 1 aromatic carbocycles. The molecule has 0 amide bonds. The molecule has 1 aromatic rings. The summed E-state index contributed by atoms with van der Waals surface area (Å²) in [5, 5.41) is 3.02. The highest BCUT2D eigenvalue weighted by Gasteiger charge is 2.00. The maximum atomic E-state index is 12.7. The Balaban J connectivity index is 2.51. The minimum atomic E-state index is -0.429. The lowest BCUT2D eigenvalue weighted by molar-refractivity contribution is -0.116. The lowest BCUT2D eigenvalue weighted by atomic mass is 10.2. The van der Waals surface area contributed by atoms with Crippen molar-refractivity contribution in [2.24, 2.45) is 0 Å². The van der Waals surface area contributed by atoms with Gasteiger partial charge in [0.25, 0.3) is 0 Å². The van der Waals surface area contributed by atoms with E-state index in [1.54, 1.807) is 12.1 Å². The number of halogens is 2. The highest BCUT2D eigenvalue weighted by molar-refractivity contribution is 6.30. The molecule has 0 aromatic heterocycles. The predicted octanol–water partition coefficient (Wildman–Crippen LogP) is 2.16. The first-order valence-electron chi connectivity index (χ1n) is 4.23. The third-order valence-corrected chi connectivity index (χ3v) is 1.98. The number of nitrogens with one attached hydrogen (secondary N) is 1. The molecular weight excluding hydrogens is 205 g/mol. The first kappa shape index (κ1) is 11.1. The number of hydrogen-bond donors (Lipinski definition) is 1. The van der Waals surface area contributed by atoms with Crippen molar-refractivity contribution in [3.05, 3.63) is 34.6 Å². The second-order valence-electron chi connectivity index (χ2n) is 3.05. The van der Waals surface area contributed by atoms with Gasteiger partial charge < -0.3 is 5.32 Å². The van der Waals surface area contributed by atoms with Crippen LogP contribution in [-0.2, 0) is 11.3 Å². The maximum absolute atomic E-state index is 12.7. The van der Waals surface area contributed by atoms with Crippen molar-refractivity contribution in [2.45, 2.75) is 13.5 Å². The van der Waals surface area contributed by atoms with E-state index in [1.807, 2.05) is 0 Å². The molecule has 0 atom stereocenters. The van der Waals surface area contributed by atoms with Gasteiger partial charge >= 0.3 is 0 Å². The zero-order valence-electron chi connectivity index (χ0n) is 7.81. The topological polar surface area (TPSA) is 29.1 Å². The summed E-state index contributed by atoms with van der Waals surface area (Å²) in [6.07, 6.45) is 0. The molecule has 0 fully saturated rings. The average Bonchev–Trinajstić information content (AvgIpc) is 2.10. The van der Waals surface area contributed by atoms with Crippen molar-refractivity contribution >= 4 is 17.4 Å². The van der Waals surface area contributed by atoms with E-state index in [1.165, 1.54) is 13.0 Å². The molecule has 0 aliphatic carbocycles. The van der Waals surface area contributed by atoms with Crippen LogP contribution < -0.4 is 5.32 Å². The summed E-state index contributed by atoms with van der Waals surface area (Å²) >= 11 is 5.59. The van der Waals surface area contributed by atoms with Gasteiger partial charge in [-0.3, -0.25) is 4.79 Å². The lowest BCUT2D eigenvalue weighted by Crippen LogP contribution is -2.20. The van der Waals surface area contributed by atoms with Gasteiger partial charge in [-0.05, 0) is 24.6 Å². The zero-order chi connectivity index (χ0) is 10.6. The molecule has 0 saturated heterocycles. The highest BCUT2D eigenvalue weighted by Crippen LogP contribution is 2.15. The molecule has 0 aliphatic heterocycles. The summed E-state index contributed by atoms with van der Waals surface area (Å²) in [4.78, 5) is 10.6. The van der Waals surface area contributed by atoms with Crippen molar-refractivity contribution in [3.63, 3.8) is 0 Å². The van der Waals surface area contributed by atoms with Crippen LogP contribution in [0.5, 0.6) is 0 Å². The molecule has 0 heterocycles. The van der Waals surface area contributed by atoms with Crippen LogP contribution in [0.2, 0.25) is 5.02 Å². The van der Waals surface area contributed by atoms with Crippen molar-refractivity contribution in [1.82, 2.24) is 5.32 Å². The van der Waals surface area contributed by atoms with Gasteiger partial charge in [0.1, 0.15) is 11.6 Å². The van der Waals surface area contributed by atoms with Gasteiger partial charge in [0.15, 0.2) is 0 Å². The molecule has 0 bridgehead atoms. The lowest BCUT2D eigenvalue weighted by Gasteiger charge is -2.03. The number of hydrogen-bond acceptors (Lipinski definition) is 2. The number of Topliss-reactive ketones (excluding diaryl/α,β-unsaturated/α-hetero) is 1. The van der Waals surface area contributed by atoms with E-state index in [0.29, 0.717) is 13.1 Å². The van der Waals surface area contributed by atoms with Crippen molar-refractivity contribution in [2.75, 3.05) is 6.54 Å². The van der Waals surface area contributed by atoms with E-state index in [9.17, 15) is 9.18 Å². The zero-order valence-corrected chi connectivity index (χ0v) is 8.57. The van der Waals surface area contributed by atoms with Gasteiger partial charge in [-0.25, -0.2) is 4.39 Å². The third-order valence-electron chi connectivity index (χ3n) is 1.69. The standard InChI is InChI=1S/C10H11ClFNO/c1-7(14)5-13-6-8-2-3-10(12)9(11)4-8/h2-4,13H,5-6H2,1H3.